The lowest BCUT2D eigenvalue weighted by Crippen LogP contribution is -2.29. The van der Waals surface area contributed by atoms with Gasteiger partial charge in [0.2, 0.25) is 0 Å². The van der Waals surface area contributed by atoms with Crippen LogP contribution in [-0.4, -0.2) is 36.0 Å². The molecular weight excluding hydrogens is 196 g/mol. The molecule has 88 valence electrons. The van der Waals surface area contributed by atoms with Crippen LogP contribution in [-0.2, 0) is 9.53 Å². The minimum Gasteiger partial charge on any atom is -0.469 e. The van der Waals surface area contributed by atoms with Gasteiger partial charge in [-0.3, -0.25) is 4.79 Å². The Morgan fingerprint density at radius 2 is 2.20 bits per heavy atom. The average molecular weight is 216 g/mol. The van der Waals surface area contributed by atoms with Gasteiger partial charge in [0.05, 0.1) is 19.1 Å². The van der Waals surface area contributed by atoms with Crippen LogP contribution < -0.4 is 0 Å². The van der Waals surface area contributed by atoms with E-state index in [1.807, 2.05) is 19.1 Å². The summed E-state index contributed by atoms with van der Waals surface area (Å²) >= 11 is 0. The van der Waals surface area contributed by atoms with E-state index < -0.39 is 18.0 Å². The molecule has 0 amide bonds. The Balaban J connectivity index is 4.26. The molecule has 0 aromatic carbocycles. The number of rotatable bonds is 7. The topological polar surface area (TPSA) is 66.8 Å². The van der Waals surface area contributed by atoms with Gasteiger partial charge in [0.1, 0.15) is 0 Å². The first-order valence-electron chi connectivity index (χ1n) is 5.15. The molecule has 2 atom stereocenters. The van der Waals surface area contributed by atoms with Gasteiger partial charge in [-0.25, -0.2) is 0 Å². The molecule has 0 heterocycles. The zero-order valence-electron chi connectivity index (χ0n) is 9.35. The number of hydrogen-bond donors (Lipinski definition) is 2. The molecule has 0 unspecified atom stereocenters. The number of aliphatic hydroxyl groups is 2. The number of esters is 1. The van der Waals surface area contributed by atoms with Crippen LogP contribution in [0.1, 0.15) is 26.2 Å². The summed E-state index contributed by atoms with van der Waals surface area (Å²) in [6, 6.07) is 0. The molecule has 0 aliphatic heterocycles. The zero-order valence-corrected chi connectivity index (χ0v) is 9.35. The quantitative estimate of drug-likeness (QED) is 0.489. The van der Waals surface area contributed by atoms with E-state index >= 15 is 0 Å². The largest absolute Gasteiger partial charge is 0.469 e. The van der Waals surface area contributed by atoms with Gasteiger partial charge in [-0.05, 0) is 26.2 Å². The van der Waals surface area contributed by atoms with E-state index in [1.54, 1.807) is 0 Å². The van der Waals surface area contributed by atoms with Crippen molar-refractivity contribution in [2.45, 2.75) is 32.3 Å². The predicted molar refractivity (Wildman–Crippen MR) is 57.3 cm³/mol. The molecule has 0 saturated heterocycles. The highest BCUT2D eigenvalue weighted by Gasteiger charge is 2.25. The summed E-state index contributed by atoms with van der Waals surface area (Å²) in [5, 5.41) is 18.3. The van der Waals surface area contributed by atoms with E-state index in [9.17, 15) is 9.90 Å². The van der Waals surface area contributed by atoms with Crippen molar-refractivity contribution in [1.82, 2.24) is 0 Å². The number of carbonyl (C=O) groups excluding carboxylic acids is 1. The number of allylic oxidation sites excluding steroid dienone is 2. The fourth-order valence-electron chi connectivity index (χ4n) is 1.35. The lowest BCUT2D eigenvalue weighted by Gasteiger charge is -2.18. The predicted octanol–water partition coefficient (Wildman–Crippen LogP) is 0.875. The number of aliphatic hydroxyl groups excluding tert-OH is 2. The van der Waals surface area contributed by atoms with E-state index in [4.69, 9.17) is 5.11 Å². The van der Waals surface area contributed by atoms with Crippen molar-refractivity contribution in [3.63, 3.8) is 0 Å². The van der Waals surface area contributed by atoms with Crippen molar-refractivity contribution in [2.24, 2.45) is 5.92 Å². The van der Waals surface area contributed by atoms with Gasteiger partial charge >= 0.3 is 5.97 Å². The maximum absolute atomic E-state index is 11.3. The third-order valence-electron chi connectivity index (χ3n) is 2.25. The lowest BCUT2D eigenvalue weighted by atomic mass is 9.95. The Labute approximate surface area is 90.6 Å². The Kier molecular flexibility index (Phi) is 7.95. The molecule has 2 N–H and O–H groups in total. The molecule has 0 bridgehead atoms. The fourth-order valence-corrected chi connectivity index (χ4v) is 1.35. The summed E-state index contributed by atoms with van der Waals surface area (Å²) in [7, 11) is 1.31. The van der Waals surface area contributed by atoms with Crippen LogP contribution in [0, 0.1) is 5.92 Å². The Morgan fingerprint density at radius 3 is 2.67 bits per heavy atom. The zero-order chi connectivity index (χ0) is 11.7. The second-order valence-electron chi connectivity index (χ2n) is 3.37. The Morgan fingerprint density at radius 1 is 1.53 bits per heavy atom. The standard InChI is InChI=1S/C11H20O4/c1-3-4-6-9(11(14)15-2)10(13)7-5-8-12/h3-4,9-10,12-13H,5-8H2,1-2H3/b4-3+/t9-,10+/m0/s1. The Hall–Kier alpha value is -0.870. The summed E-state index contributed by atoms with van der Waals surface area (Å²) < 4.78 is 4.62. The van der Waals surface area contributed by atoms with Crippen molar-refractivity contribution < 1.29 is 19.7 Å². The van der Waals surface area contributed by atoms with Crippen LogP contribution in [0.5, 0.6) is 0 Å². The minimum atomic E-state index is -0.749. The number of carbonyl (C=O) groups is 1. The summed E-state index contributed by atoms with van der Waals surface area (Å²) in [5.74, 6) is -0.934. The van der Waals surface area contributed by atoms with Crippen LogP contribution >= 0.6 is 0 Å². The third-order valence-corrected chi connectivity index (χ3v) is 2.25. The highest BCUT2D eigenvalue weighted by molar-refractivity contribution is 5.73. The lowest BCUT2D eigenvalue weighted by molar-refractivity contribution is -0.149. The van der Waals surface area contributed by atoms with Gasteiger partial charge in [-0.15, -0.1) is 0 Å². The average Bonchev–Trinajstić information content (AvgIpc) is 2.26. The molecule has 0 rings (SSSR count). The van der Waals surface area contributed by atoms with Crippen molar-refractivity contribution in [3.8, 4) is 0 Å². The molecule has 0 aromatic heterocycles. The molecule has 4 heteroatoms. The maximum Gasteiger partial charge on any atom is 0.311 e. The molecule has 0 spiro atoms. The van der Waals surface area contributed by atoms with Gasteiger partial charge in [-0.1, -0.05) is 12.2 Å². The monoisotopic (exact) mass is 216 g/mol. The first-order valence-corrected chi connectivity index (χ1v) is 5.15. The van der Waals surface area contributed by atoms with Crippen molar-refractivity contribution >= 4 is 5.97 Å². The molecule has 0 saturated carbocycles. The molecule has 4 nitrogen and oxygen atoms in total. The molecular formula is C11H20O4. The van der Waals surface area contributed by atoms with Gasteiger partial charge < -0.3 is 14.9 Å². The summed E-state index contributed by atoms with van der Waals surface area (Å²) in [6.45, 7) is 1.88. The number of methoxy groups -OCH3 is 1. The van der Waals surface area contributed by atoms with E-state index in [1.165, 1.54) is 7.11 Å². The van der Waals surface area contributed by atoms with Crippen LogP contribution in [0.4, 0.5) is 0 Å². The molecule has 0 fully saturated rings. The number of ether oxygens (including phenoxy) is 1. The highest BCUT2D eigenvalue weighted by atomic mass is 16.5. The van der Waals surface area contributed by atoms with Gasteiger partial charge in [0, 0.05) is 6.61 Å². The number of hydrogen-bond acceptors (Lipinski definition) is 4. The summed E-state index contributed by atoms with van der Waals surface area (Å²) in [6.07, 6.45) is 4.27. The molecule has 0 aromatic rings. The first kappa shape index (κ1) is 14.1. The van der Waals surface area contributed by atoms with E-state index in [0.717, 1.165) is 0 Å². The molecule has 0 aliphatic rings. The van der Waals surface area contributed by atoms with Crippen molar-refractivity contribution in [2.75, 3.05) is 13.7 Å². The third kappa shape index (κ3) is 5.54. The minimum absolute atomic E-state index is 0.0224. The van der Waals surface area contributed by atoms with E-state index in [-0.39, 0.29) is 6.61 Å². The SMILES string of the molecule is C/C=C/C[C@H](C(=O)OC)[C@H](O)CCCO. The van der Waals surface area contributed by atoms with Crippen LogP contribution in [0.3, 0.4) is 0 Å². The van der Waals surface area contributed by atoms with Crippen LogP contribution in [0.25, 0.3) is 0 Å². The first-order chi connectivity index (χ1) is 7.17. The molecule has 0 aliphatic carbocycles. The maximum atomic E-state index is 11.3. The van der Waals surface area contributed by atoms with Crippen molar-refractivity contribution in [1.29, 1.82) is 0 Å². The normalized spacial score (nSPS) is 15.2. The Bertz CT molecular complexity index is 201. The summed E-state index contributed by atoms with van der Waals surface area (Å²) in [4.78, 5) is 11.3. The van der Waals surface area contributed by atoms with E-state index in [2.05, 4.69) is 4.74 Å². The smallest absolute Gasteiger partial charge is 0.311 e. The molecule has 15 heavy (non-hydrogen) atoms. The van der Waals surface area contributed by atoms with Crippen LogP contribution in [0.15, 0.2) is 12.2 Å². The second kappa shape index (κ2) is 8.44. The highest BCUT2D eigenvalue weighted by Crippen LogP contribution is 2.16. The molecule has 0 radical (unpaired) electrons. The van der Waals surface area contributed by atoms with Gasteiger partial charge in [0.15, 0.2) is 0 Å². The van der Waals surface area contributed by atoms with Crippen molar-refractivity contribution in [3.05, 3.63) is 12.2 Å². The van der Waals surface area contributed by atoms with Gasteiger partial charge in [0.25, 0.3) is 0 Å². The van der Waals surface area contributed by atoms with Crippen LogP contribution in [0.2, 0.25) is 0 Å². The second-order valence-corrected chi connectivity index (χ2v) is 3.37. The summed E-state index contributed by atoms with van der Waals surface area (Å²) in [5.41, 5.74) is 0. The fraction of sp³-hybridized carbons (Fsp3) is 0.727. The van der Waals surface area contributed by atoms with Gasteiger partial charge in [-0.2, -0.15) is 0 Å². The van der Waals surface area contributed by atoms with E-state index in [0.29, 0.717) is 19.3 Å².